The van der Waals surface area contributed by atoms with Crippen molar-refractivity contribution in [1.29, 1.82) is 0 Å². The van der Waals surface area contributed by atoms with Crippen LogP contribution in [0.1, 0.15) is 31.9 Å². The molecule has 1 aliphatic carbocycles. The minimum Gasteiger partial charge on any atom is -0.271 e. The number of nitrogens with one attached hydrogen (secondary N) is 1. The fourth-order valence-corrected chi connectivity index (χ4v) is 2.41. The summed E-state index contributed by atoms with van der Waals surface area (Å²) >= 11 is 5.72. The Morgan fingerprint density at radius 1 is 1.56 bits per heavy atom. The van der Waals surface area contributed by atoms with Crippen molar-refractivity contribution in [1.82, 2.24) is 5.43 Å². The van der Waals surface area contributed by atoms with Crippen LogP contribution in [0.5, 0.6) is 0 Å². The standard InChI is InChI=1S/C12H16ClFN2/c1-12(2)6-9(12)11(16-15)8-4-3-7(13)5-10(8)14/h3-5,9,11,16H,6,15H2,1-2H3. The molecule has 1 fully saturated rings. The first-order valence-electron chi connectivity index (χ1n) is 5.37. The van der Waals surface area contributed by atoms with E-state index in [4.69, 9.17) is 17.4 Å². The molecule has 2 nitrogen and oxygen atoms in total. The van der Waals surface area contributed by atoms with E-state index in [2.05, 4.69) is 19.3 Å². The van der Waals surface area contributed by atoms with Gasteiger partial charge in [0.15, 0.2) is 0 Å². The Kier molecular flexibility index (Phi) is 2.95. The maximum atomic E-state index is 13.7. The van der Waals surface area contributed by atoms with Gasteiger partial charge in [-0.1, -0.05) is 31.5 Å². The maximum Gasteiger partial charge on any atom is 0.129 e. The Balaban J connectivity index is 2.28. The van der Waals surface area contributed by atoms with Gasteiger partial charge in [0, 0.05) is 10.6 Å². The van der Waals surface area contributed by atoms with E-state index in [0.717, 1.165) is 6.42 Å². The fraction of sp³-hybridized carbons (Fsp3) is 0.500. The van der Waals surface area contributed by atoms with Crippen molar-refractivity contribution in [2.24, 2.45) is 17.2 Å². The molecular formula is C12H16ClFN2. The zero-order chi connectivity index (χ0) is 11.9. The lowest BCUT2D eigenvalue weighted by Crippen LogP contribution is -2.31. The molecule has 0 amide bonds. The molecule has 0 spiro atoms. The molecule has 0 bridgehead atoms. The molecule has 3 N–H and O–H groups in total. The van der Waals surface area contributed by atoms with Gasteiger partial charge in [0.05, 0.1) is 6.04 Å². The Morgan fingerprint density at radius 2 is 2.19 bits per heavy atom. The van der Waals surface area contributed by atoms with E-state index in [0.29, 0.717) is 16.5 Å². The summed E-state index contributed by atoms with van der Waals surface area (Å²) in [5.74, 6) is 5.61. The minimum absolute atomic E-state index is 0.132. The zero-order valence-corrected chi connectivity index (χ0v) is 10.2. The maximum absolute atomic E-state index is 13.7. The molecule has 1 aliphatic rings. The summed E-state index contributed by atoms with van der Waals surface area (Å²) in [7, 11) is 0. The number of hydrogen-bond donors (Lipinski definition) is 2. The van der Waals surface area contributed by atoms with Crippen molar-refractivity contribution in [3.05, 3.63) is 34.6 Å². The summed E-state index contributed by atoms with van der Waals surface area (Å²) in [5, 5.41) is 0.409. The normalized spacial score (nSPS) is 24.2. The first kappa shape index (κ1) is 11.8. The first-order valence-corrected chi connectivity index (χ1v) is 5.74. The quantitative estimate of drug-likeness (QED) is 0.632. The Labute approximate surface area is 99.9 Å². The van der Waals surface area contributed by atoms with Gasteiger partial charge in [0.25, 0.3) is 0 Å². The average molecular weight is 243 g/mol. The molecule has 0 heterocycles. The molecule has 0 saturated heterocycles. The van der Waals surface area contributed by atoms with Crippen molar-refractivity contribution in [3.63, 3.8) is 0 Å². The van der Waals surface area contributed by atoms with E-state index in [1.807, 2.05) is 0 Å². The molecule has 0 aliphatic heterocycles. The molecule has 2 unspecified atom stereocenters. The molecule has 88 valence electrons. The summed E-state index contributed by atoms with van der Waals surface area (Å²) in [6.07, 6.45) is 1.06. The zero-order valence-electron chi connectivity index (χ0n) is 9.43. The molecule has 4 heteroatoms. The summed E-state index contributed by atoms with van der Waals surface area (Å²) in [4.78, 5) is 0. The number of hydrogen-bond acceptors (Lipinski definition) is 2. The van der Waals surface area contributed by atoms with Crippen LogP contribution in [0.15, 0.2) is 18.2 Å². The van der Waals surface area contributed by atoms with Gasteiger partial charge < -0.3 is 0 Å². The molecule has 1 saturated carbocycles. The van der Waals surface area contributed by atoms with Crippen LogP contribution < -0.4 is 11.3 Å². The number of hydrazine groups is 1. The highest BCUT2D eigenvalue weighted by molar-refractivity contribution is 6.30. The van der Waals surface area contributed by atoms with Crippen LogP contribution in [0.3, 0.4) is 0 Å². The van der Waals surface area contributed by atoms with Gasteiger partial charge in [0.2, 0.25) is 0 Å². The van der Waals surface area contributed by atoms with Crippen molar-refractivity contribution >= 4 is 11.6 Å². The molecule has 16 heavy (non-hydrogen) atoms. The van der Waals surface area contributed by atoms with Crippen LogP contribution in [0.4, 0.5) is 4.39 Å². The van der Waals surface area contributed by atoms with Gasteiger partial charge in [0.1, 0.15) is 5.82 Å². The summed E-state index contributed by atoms with van der Waals surface area (Å²) in [6, 6.07) is 4.60. The average Bonchev–Trinajstić information content (AvgIpc) is 2.80. The molecular weight excluding hydrogens is 227 g/mol. The van der Waals surface area contributed by atoms with Crippen LogP contribution in [-0.4, -0.2) is 0 Å². The van der Waals surface area contributed by atoms with Gasteiger partial charge in [-0.05, 0) is 29.9 Å². The number of benzene rings is 1. The highest BCUT2D eigenvalue weighted by Gasteiger charge is 2.50. The van der Waals surface area contributed by atoms with Crippen molar-refractivity contribution in [2.45, 2.75) is 26.3 Å². The van der Waals surface area contributed by atoms with E-state index < -0.39 is 0 Å². The van der Waals surface area contributed by atoms with Gasteiger partial charge in [-0.15, -0.1) is 0 Å². The Hall–Kier alpha value is -0.640. The van der Waals surface area contributed by atoms with Gasteiger partial charge in [-0.25, -0.2) is 4.39 Å². The van der Waals surface area contributed by atoms with Crippen LogP contribution in [-0.2, 0) is 0 Å². The molecule has 2 atom stereocenters. The Bertz CT molecular complexity index is 406. The minimum atomic E-state index is -0.293. The topological polar surface area (TPSA) is 38.0 Å². The lowest BCUT2D eigenvalue weighted by Gasteiger charge is -2.18. The first-order chi connectivity index (χ1) is 7.45. The fourth-order valence-electron chi connectivity index (χ4n) is 2.25. The van der Waals surface area contributed by atoms with Gasteiger partial charge in [-0.3, -0.25) is 11.3 Å². The lowest BCUT2D eigenvalue weighted by atomic mass is 9.97. The molecule has 1 aromatic rings. The molecule has 0 aromatic heterocycles. The van der Waals surface area contributed by atoms with Gasteiger partial charge >= 0.3 is 0 Å². The lowest BCUT2D eigenvalue weighted by molar-refractivity contribution is 0.409. The molecule has 1 aromatic carbocycles. The SMILES string of the molecule is CC1(C)CC1C(NN)c1ccc(Cl)cc1F. The second kappa shape index (κ2) is 3.99. The van der Waals surface area contributed by atoms with Crippen molar-refractivity contribution in [2.75, 3.05) is 0 Å². The van der Waals surface area contributed by atoms with E-state index in [-0.39, 0.29) is 17.3 Å². The van der Waals surface area contributed by atoms with Crippen molar-refractivity contribution < 1.29 is 4.39 Å². The summed E-state index contributed by atoms with van der Waals surface area (Å²) < 4.78 is 13.7. The van der Waals surface area contributed by atoms with E-state index in [1.165, 1.54) is 6.07 Å². The van der Waals surface area contributed by atoms with Gasteiger partial charge in [-0.2, -0.15) is 0 Å². The van der Waals surface area contributed by atoms with Crippen LogP contribution in [0.2, 0.25) is 5.02 Å². The monoisotopic (exact) mass is 242 g/mol. The predicted molar refractivity (Wildman–Crippen MR) is 63.4 cm³/mol. The Morgan fingerprint density at radius 3 is 2.62 bits per heavy atom. The van der Waals surface area contributed by atoms with E-state index in [1.54, 1.807) is 12.1 Å². The molecule has 0 radical (unpaired) electrons. The van der Waals surface area contributed by atoms with Crippen LogP contribution in [0.25, 0.3) is 0 Å². The molecule has 2 rings (SSSR count). The van der Waals surface area contributed by atoms with E-state index in [9.17, 15) is 4.39 Å². The smallest absolute Gasteiger partial charge is 0.129 e. The highest BCUT2D eigenvalue weighted by Crippen LogP contribution is 2.57. The highest BCUT2D eigenvalue weighted by atomic mass is 35.5. The number of nitrogens with two attached hydrogens (primary N) is 1. The van der Waals surface area contributed by atoms with Crippen LogP contribution in [0, 0.1) is 17.2 Å². The van der Waals surface area contributed by atoms with Crippen molar-refractivity contribution in [3.8, 4) is 0 Å². The number of halogens is 2. The largest absolute Gasteiger partial charge is 0.271 e. The second-order valence-electron chi connectivity index (χ2n) is 5.11. The third-order valence-electron chi connectivity index (χ3n) is 3.47. The predicted octanol–water partition coefficient (Wildman–Crippen LogP) is 3.03. The summed E-state index contributed by atoms with van der Waals surface area (Å²) in [6.45, 7) is 4.33. The third-order valence-corrected chi connectivity index (χ3v) is 3.70. The summed E-state index contributed by atoms with van der Waals surface area (Å²) in [5.41, 5.74) is 3.55. The third kappa shape index (κ3) is 2.08. The number of rotatable bonds is 3. The second-order valence-corrected chi connectivity index (χ2v) is 5.55. The van der Waals surface area contributed by atoms with Crippen LogP contribution >= 0.6 is 11.6 Å². The van der Waals surface area contributed by atoms with E-state index >= 15 is 0 Å².